The monoisotopic (exact) mass is 546 g/mol. The Kier molecular flexibility index (Phi) is 8.51. The van der Waals surface area contributed by atoms with E-state index in [1.165, 1.54) is 0 Å². The molecule has 3 N–H and O–H groups in total. The molecule has 35 heavy (non-hydrogen) atoms. The molecule has 0 aliphatic carbocycles. The summed E-state index contributed by atoms with van der Waals surface area (Å²) in [6.07, 6.45) is -11.1. The van der Waals surface area contributed by atoms with Crippen molar-refractivity contribution in [3.63, 3.8) is 0 Å². The number of benzene rings is 2. The first-order valence-corrected chi connectivity index (χ1v) is 10.7. The molecular weight excluding hydrogens is 525 g/mol. The Balaban J connectivity index is 2.31. The Morgan fingerprint density at radius 3 is 2.03 bits per heavy atom. The number of halogens is 8. The minimum absolute atomic E-state index is 0.170. The second-order valence-corrected chi connectivity index (χ2v) is 9.47. The van der Waals surface area contributed by atoms with E-state index in [1.54, 1.807) is 20.8 Å². The van der Waals surface area contributed by atoms with E-state index in [2.05, 4.69) is 10.6 Å². The molecule has 1 amide bonds. The normalized spacial score (nSPS) is 14.3. The van der Waals surface area contributed by atoms with Crippen LogP contribution >= 0.6 is 23.2 Å². The molecule has 0 aliphatic heterocycles. The fourth-order valence-electron chi connectivity index (χ4n) is 2.97. The molecule has 1 atom stereocenters. The molecule has 0 radical (unpaired) electrons. The largest absolute Gasteiger partial charge is 0.444 e. The predicted octanol–water partition coefficient (Wildman–Crippen LogP) is 6.90. The standard InChI is InChI=1S/C22H22Cl2F6N2O3/c1-19(2,3)35-18(33)31-10-12-4-5-16(9-17(12)21(25,26)27)32-11-20(34,22(28,29)30)13-6-14(23)8-15(24)7-13/h4-9,32,34H,10-11H2,1-3H3,(H,31,33)/t20-/m0/s1. The van der Waals surface area contributed by atoms with Gasteiger partial charge in [-0.1, -0.05) is 29.3 Å². The molecule has 2 aromatic rings. The highest BCUT2D eigenvalue weighted by atomic mass is 35.5. The minimum Gasteiger partial charge on any atom is -0.444 e. The third-order valence-corrected chi connectivity index (χ3v) is 5.03. The van der Waals surface area contributed by atoms with Crippen molar-refractivity contribution >= 4 is 35.0 Å². The summed E-state index contributed by atoms with van der Waals surface area (Å²) in [5, 5.41) is 14.5. The maximum Gasteiger partial charge on any atom is 0.423 e. The number of alkyl carbamates (subject to hydrolysis) is 1. The molecule has 5 nitrogen and oxygen atoms in total. The molecule has 0 spiro atoms. The van der Waals surface area contributed by atoms with E-state index in [9.17, 15) is 36.2 Å². The molecule has 0 unspecified atom stereocenters. The number of nitrogens with one attached hydrogen (secondary N) is 2. The number of alkyl halides is 6. The Morgan fingerprint density at radius 2 is 1.54 bits per heavy atom. The summed E-state index contributed by atoms with van der Waals surface area (Å²) < 4.78 is 87.1. The zero-order chi connectivity index (χ0) is 26.8. The van der Waals surface area contributed by atoms with Gasteiger partial charge in [0, 0.05) is 22.3 Å². The molecule has 0 saturated carbocycles. The molecular formula is C22H22Cl2F6N2O3. The molecule has 0 saturated heterocycles. The SMILES string of the molecule is CC(C)(C)OC(=O)NCc1ccc(NC[C@](O)(c2cc(Cl)cc(Cl)c2)C(F)(F)F)cc1C(F)(F)F. The summed E-state index contributed by atoms with van der Waals surface area (Å²) in [5.74, 6) is 0. The quantitative estimate of drug-likeness (QED) is 0.345. The van der Waals surface area contributed by atoms with Crippen LogP contribution in [0.15, 0.2) is 36.4 Å². The summed E-state index contributed by atoms with van der Waals surface area (Å²) >= 11 is 11.5. The van der Waals surface area contributed by atoms with E-state index < -0.39 is 53.9 Å². The van der Waals surface area contributed by atoms with Gasteiger partial charge in [0.05, 0.1) is 12.1 Å². The van der Waals surface area contributed by atoms with Crippen LogP contribution in [0, 0.1) is 0 Å². The lowest BCUT2D eigenvalue weighted by Crippen LogP contribution is -2.47. The molecule has 194 valence electrons. The topological polar surface area (TPSA) is 70.6 Å². The van der Waals surface area contributed by atoms with Crippen molar-refractivity contribution in [3.8, 4) is 0 Å². The van der Waals surface area contributed by atoms with Crippen molar-refractivity contribution in [1.29, 1.82) is 0 Å². The van der Waals surface area contributed by atoms with E-state index in [1.807, 2.05) is 0 Å². The van der Waals surface area contributed by atoms with Gasteiger partial charge in [-0.25, -0.2) is 4.79 Å². The molecule has 2 aromatic carbocycles. The van der Waals surface area contributed by atoms with Gasteiger partial charge in [-0.2, -0.15) is 26.3 Å². The van der Waals surface area contributed by atoms with Crippen LogP contribution in [-0.2, 0) is 23.1 Å². The number of carbonyl (C=O) groups excluding carboxylic acids is 1. The van der Waals surface area contributed by atoms with Crippen LogP contribution in [0.3, 0.4) is 0 Å². The van der Waals surface area contributed by atoms with E-state index >= 15 is 0 Å². The van der Waals surface area contributed by atoms with Crippen LogP contribution in [-0.4, -0.2) is 29.5 Å². The fourth-order valence-corrected chi connectivity index (χ4v) is 3.50. The highest BCUT2D eigenvalue weighted by molar-refractivity contribution is 6.34. The summed E-state index contributed by atoms with van der Waals surface area (Å²) in [6, 6.07) is 5.53. The molecule has 13 heteroatoms. The van der Waals surface area contributed by atoms with Crippen molar-refractivity contribution in [2.45, 2.75) is 50.9 Å². The van der Waals surface area contributed by atoms with Crippen LogP contribution < -0.4 is 10.6 Å². The van der Waals surface area contributed by atoms with Crippen LogP contribution in [0.2, 0.25) is 10.0 Å². The number of anilines is 1. The third kappa shape index (κ3) is 7.81. The summed E-state index contributed by atoms with van der Waals surface area (Å²) in [4.78, 5) is 11.8. The lowest BCUT2D eigenvalue weighted by molar-refractivity contribution is -0.260. The zero-order valence-electron chi connectivity index (χ0n) is 18.7. The summed E-state index contributed by atoms with van der Waals surface area (Å²) in [5.41, 5.74) is -6.97. The number of rotatable bonds is 6. The molecule has 0 fully saturated rings. The van der Waals surface area contributed by atoms with Crippen molar-refractivity contribution in [2.75, 3.05) is 11.9 Å². The number of hydrogen-bond acceptors (Lipinski definition) is 4. The Bertz CT molecular complexity index is 1050. The number of carbonyl (C=O) groups is 1. The zero-order valence-corrected chi connectivity index (χ0v) is 20.2. The second kappa shape index (κ2) is 10.3. The average Bonchev–Trinajstić information content (AvgIpc) is 2.67. The Labute approximate surface area is 207 Å². The van der Waals surface area contributed by atoms with Crippen molar-refractivity contribution in [3.05, 3.63) is 63.1 Å². The van der Waals surface area contributed by atoms with Crippen molar-refractivity contribution in [2.24, 2.45) is 0 Å². The maximum atomic E-state index is 13.8. The number of aliphatic hydroxyl groups is 1. The van der Waals surface area contributed by atoms with Gasteiger partial charge in [0.2, 0.25) is 5.60 Å². The van der Waals surface area contributed by atoms with Gasteiger partial charge in [0.1, 0.15) is 5.60 Å². The minimum atomic E-state index is -5.22. The Hall–Kier alpha value is -2.37. The van der Waals surface area contributed by atoms with Gasteiger partial charge in [-0.15, -0.1) is 0 Å². The number of ether oxygens (including phenoxy) is 1. The van der Waals surface area contributed by atoms with Crippen LogP contribution in [0.4, 0.5) is 36.8 Å². The first-order chi connectivity index (χ1) is 15.8. The van der Waals surface area contributed by atoms with Gasteiger partial charge in [0.25, 0.3) is 0 Å². The van der Waals surface area contributed by atoms with Gasteiger partial charge in [-0.05, 0) is 62.2 Å². The molecule has 0 aliphatic rings. The van der Waals surface area contributed by atoms with Gasteiger partial charge < -0.3 is 20.5 Å². The lowest BCUT2D eigenvalue weighted by Gasteiger charge is -2.32. The summed E-state index contributed by atoms with van der Waals surface area (Å²) in [6.45, 7) is 2.95. The first-order valence-electron chi connectivity index (χ1n) is 9.98. The van der Waals surface area contributed by atoms with Crippen LogP contribution in [0.25, 0.3) is 0 Å². The molecule has 0 aromatic heterocycles. The van der Waals surface area contributed by atoms with E-state index in [-0.39, 0.29) is 21.3 Å². The van der Waals surface area contributed by atoms with Crippen molar-refractivity contribution in [1.82, 2.24) is 5.32 Å². The average molecular weight is 547 g/mol. The smallest absolute Gasteiger partial charge is 0.423 e. The predicted molar refractivity (Wildman–Crippen MR) is 119 cm³/mol. The number of hydrogen-bond donors (Lipinski definition) is 3. The first kappa shape index (κ1) is 28.9. The maximum absolute atomic E-state index is 13.8. The molecule has 2 rings (SSSR count). The number of amides is 1. The van der Waals surface area contributed by atoms with Crippen LogP contribution in [0.5, 0.6) is 0 Å². The van der Waals surface area contributed by atoms with Gasteiger partial charge >= 0.3 is 18.4 Å². The second-order valence-electron chi connectivity index (χ2n) is 8.59. The fraction of sp³-hybridized carbons (Fsp3) is 0.409. The van der Waals surface area contributed by atoms with Crippen molar-refractivity contribution < 1.29 is 41.0 Å². The van der Waals surface area contributed by atoms with E-state index in [0.29, 0.717) is 6.07 Å². The van der Waals surface area contributed by atoms with E-state index in [0.717, 1.165) is 30.3 Å². The Morgan fingerprint density at radius 1 is 0.971 bits per heavy atom. The lowest BCUT2D eigenvalue weighted by atomic mass is 9.92. The summed E-state index contributed by atoms with van der Waals surface area (Å²) in [7, 11) is 0. The highest BCUT2D eigenvalue weighted by Gasteiger charge is 2.55. The molecule has 0 bridgehead atoms. The van der Waals surface area contributed by atoms with Gasteiger partial charge in [0.15, 0.2) is 0 Å². The molecule has 0 heterocycles. The highest BCUT2D eigenvalue weighted by Crippen LogP contribution is 2.41. The van der Waals surface area contributed by atoms with Crippen LogP contribution in [0.1, 0.15) is 37.5 Å². The van der Waals surface area contributed by atoms with Gasteiger partial charge in [-0.3, -0.25) is 0 Å². The third-order valence-electron chi connectivity index (χ3n) is 4.59. The van der Waals surface area contributed by atoms with E-state index in [4.69, 9.17) is 27.9 Å².